The fourth-order valence-corrected chi connectivity index (χ4v) is 2.36. The number of halogens is 3. The molecule has 9 heteroatoms. The molecule has 2 aromatic rings. The Morgan fingerprint density at radius 1 is 1.20 bits per heavy atom. The Balaban J connectivity index is 2.58. The number of aromatic nitrogens is 1. The van der Waals surface area contributed by atoms with Gasteiger partial charge in [-0.3, -0.25) is 0 Å². The van der Waals surface area contributed by atoms with Crippen molar-refractivity contribution in [2.45, 2.75) is 6.18 Å². The predicted molar refractivity (Wildman–Crippen MR) is 62.8 cm³/mol. The highest BCUT2D eigenvalue weighted by atomic mass is 32.1. The number of hydrogen-bond acceptors (Lipinski definition) is 5. The number of aromatic hydroxyl groups is 2. The predicted octanol–water partition coefficient (Wildman–Crippen LogP) is 2.94. The van der Waals surface area contributed by atoms with E-state index in [9.17, 15) is 23.1 Å². The molecule has 0 aliphatic rings. The topological polar surface area (TPSA) is 90.7 Å². The van der Waals surface area contributed by atoms with Crippen molar-refractivity contribution in [2.75, 3.05) is 0 Å². The highest BCUT2D eigenvalue weighted by molar-refractivity contribution is 7.17. The van der Waals surface area contributed by atoms with Crippen molar-refractivity contribution in [2.24, 2.45) is 0 Å². The number of phenols is 2. The summed E-state index contributed by atoms with van der Waals surface area (Å²) in [7, 11) is 0. The second-order valence-electron chi connectivity index (χ2n) is 3.70. The molecule has 0 bridgehead atoms. The zero-order valence-electron chi connectivity index (χ0n) is 9.47. The largest absolute Gasteiger partial charge is 0.504 e. The molecule has 0 fully saturated rings. The van der Waals surface area contributed by atoms with E-state index < -0.39 is 34.2 Å². The zero-order chi connectivity index (χ0) is 15.1. The maximum atomic E-state index is 12.7. The van der Waals surface area contributed by atoms with Crippen molar-refractivity contribution in [1.82, 2.24) is 4.98 Å². The van der Waals surface area contributed by atoms with Gasteiger partial charge in [0.05, 0.1) is 0 Å². The number of hydrogen-bond donors (Lipinski definition) is 3. The quantitative estimate of drug-likeness (QED) is 0.742. The summed E-state index contributed by atoms with van der Waals surface area (Å²) in [6.07, 6.45) is -4.89. The van der Waals surface area contributed by atoms with E-state index in [0.717, 1.165) is 12.1 Å². The molecule has 0 atom stereocenters. The van der Waals surface area contributed by atoms with Gasteiger partial charge < -0.3 is 15.3 Å². The highest BCUT2D eigenvalue weighted by Crippen LogP contribution is 2.39. The zero-order valence-corrected chi connectivity index (χ0v) is 10.3. The lowest BCUT2D eigenvalue weighted by molar-refractivity contribution is -0.141. The smallest absolute Gasteiger partial charge is 0.435 e. The van der Waals surface area contributed by atoms with Crippen molar-refractivity contribution in [3.05, 3.63) is 28.8 Å². The van der Waals surface area contributed by atoms with E-state index in [0.29, 0.717) is 11.3 Å². The molecule has 0 aliphatic carbocycles. The number of carboxylic acid groups (broad SMARTS) is 1. The average Bonchev–Trinajstić information content (AvgIpc) is 2.77. The summed E-state index contributed by atoms with van der Waals surface area (Å²) in [5.41, 5.74) is -1.42. The van der Waals surface area contributed by atoms with Crippen LogP contribution < -0.4 is 0 Å². The first-order chi connectivity index (χ1) is 9.20. The van der Waals surface area contributed by atoms with E-state index in [-0.39, 0.29) is 10.6 Å². The van der Waals surface area contributed by atoms with E-state index >= 15 is 0 Å². The van der Waals surface area contributed by atoms with Crippen LogP contribution in [0.4, 0.5) is 13.2 Å². The molecule has 0 amide bonds. The minimum absolute atomic E-state index is 0.0725. The Hall–Kier alpha value is -2.29. The molecule has 20 heavy (non-hydrogen) atoms. The Morgan fingerprint density at radius 2 is 1.85 bits per heavy atom. The number of nitrogens with zero attached hydrogens (tertiary/aromatic N) is 1. The number of rotatable bonds is 2. The number of aromatic carboxylic acids is 1. The first-order valence-electron chi connectivity index (χ1n) is 5.04. The molecule has 0 unspecified atom stereocenters. The van der Waals surface area contributed by atoms with E-state index in [1.54, 1.807) is 0 Å². The summed E-state index contributed by atoms with van der Waals surface area (Å²) in [6.45, 7) is 0. The van der Waals surface area contributed by atoms with Gasteiger partial charge in [-0.2, -0.15) is 13.2 Å². The molecule has 2 rings (SSSR count). The maximum Gasteiger partial charge on any atom is 0.435 e. The van der Waals surface area contributed by atoms with Crippen LogP contribution >= 0.6 is 11.3 Å². The number of alkyl halides is 3. The van der Waals surface area contributed by atoms with Crippen molar-refractivity contribution >= 4 is 17.3 Å². The lowest BCUT2D eigenvalue weighted by atomic mass is 10.2. The van der Waals surface area contributed by atoms with Crippen LogP contribution in [-0.2, 0) is 6.18 Å². The van der Waals surface area contributed by atoms with Crippen LogP contribution in [0.2, 0.25) is 0 Å². The van der Waals surface area contributed by atoms with Crippen LogP contribution in [0.5, 0.6) is 11.5 Å². The van der Waals surface area contributed by atoms with Gasteiger partial charge in [0, 0.05) is 5.56 Å². The third-order valence-electron chi connectivity index (χ3n) is 2.31. The lowest BCUT2D eigenvalue weighted by Crippen LogP contribution is -2.11. The lowest BCUT2D eigenvalue weighted by Gasteiger charge is -2.02. The summed E-state index contributed by atoms with van der Waals surface area (Å²) in [5.74, 6) is -2.72. The first kappa shape index (κ1) is 14.1. The molecule has 1 aromatic carbocycles. The molecule has 1 aromatic heterocycles. The maximum absolute atomic E-state index is 12.7. The van der Waals surface area contributed by atoms with Crippen molar-refractivity contribution < 1.29 is 33.3 Å². The molecule has 0 saturated carbocycles. The summed E-state index contributed by atoms with van der Waals surface area (Å²) in [4.78, 5) is 13.1. The Kier molecular flexibility index (Phi) is 3.30. The fraction of sp³-hybridized carbons (Fsp3) is 0.0909. The Bertz CT molecular complexity index is 681. The van der Waals surface area contributed by atoms with Gasteiger partial charge >= 0.3 is 12.1 Å². The Labute approximate surface area is 113 Å². The van der Waals surface area contributed by atoms with Gasteiger partial charge in [0.15, 0.2) is 17.2 Å². The van der Waals surface area contributed by atoms with Crippen LogP contribution in [0.1, 0.15) is 15.4 Å². The van der Waals surface area contributed by atoms with E-state index in [1.807, 2.05) is 0 Å². The van der Waals surface area contributed by atoms with Crippen molar-refractivity contribution in [3.8, 4) is 22.1 Å². The minimum atomic E-state index is -4.89. The molecule has 0 aliphatic heterocycles. The van der Waals surface area contributed by atoms with Gasteiger partial charge in [-0.25, -0.2) is 9.78 Å². The van der Waals surface area contributed by atoms with Gasteiger partial charge in [0.2, 0.25) is 0 Å². The van der Waals surface area contributed by atoms with Crippen LogP contribution in [0.3, 0.4) is 0 Å². The molecular weight excluding hydrogens is 299 g/mol. The molecular formula is C11H6F3NO4S. The van der Waals surface area contributed by atoms with Gasteiger partial charge in [0.25, 0.3) is 0 Å². The Morgan fingerprint density at radius 3 is 2.30 bits per heavy atom. The molecule has 106 valence electrons. The third kappa shape index (κ3) is 2.52. The second kappa shape index (κ2) is 4.67. The van der Waals surface area contributed by atoms with Crippen LogP contribution in [0.15, 0.2) is 18.2 Å². The third-order valence-corrected chi connectivity index (χ3v) is 3.40. The van der Waals surface area contributed by atoms with Crippen molar-refractivity contribution in [3.63, 3.8) is 0 Å². The standard InChI is InChI=1S/C11H6F3NO4S/c12-11(13,14)8-7(10(18)19)20-9(15-8)4-1-2-5(16)6(17)3-4/h1-3,16-17H,(H,18,19). The summed E-state index contributed by atoms with van der Waals surface area (Å²) < 4.78 is 38.0. The van der Waals surface area contributed by atoms with Crippen LogP contribution in [0, 0.1) is 0 Å². The van der Waals surface area contributed by atoms with Crippen molar-refractivity contribution in [1.29, 1.82) is 0 Å². The van der Waals surface area contributed by atoms with Gasteiger partial charge in [0.1, 0.15) is 9.88 Å². The second-order valence-corrected chi connectivity index (χ2v) is 4.70. The van der Waals surface area contributed by atoms with Gasteiger partial charge in [-0.1, -0.05) is 0 Å². The normalized spacial score (nSPS) is 11.6. The van der Waals surface area contributed by atoms with E-state index in [4.69, 9.17) is 10.2 Å². The van der Waals surface area contributed by atoms with Crippen LogP contribution in [-0.4, -0.2) is 26.3 Å². The SMILES string of the molecule is O=C(O)c1sc(-c2ccc(O)c(O)c2)nc1C(F)(F)F. The molecule has 0 spiro atoms. The minimum Gasteiger partial charge on any atom is -0.504 e. The molecule has 0 saturated heterocycles. The number of carbonyl (C=O) groups is 1. The number of phenolic OH excluding ortho intramolecular Hbond substituents is 2. The number of thiazole rings is 1. The number of benzene rings is 1. The van der Waals surface area contributed by atoms with Gasteiger partial charge in [-0.05, 0) is 18.2 Å². The first-order valence-corrected chi connectivity index (χ1v) is 5.85. The highest BCUT2D eigenvalue weighted by Gasteiger charge is 2.39. The molecule has 0 radical (unpaired) electrons. The van der Waals surface area contributed by atoms with Crippen LogP contribution in [0.25, 0.3) is 10.6 Å². The average molecular weight is 305 g/mol. The van der Waals surface area contributed by atoms with Gasteiger partial charge in [-0.15, -0.1) is 11.3 Å². The summed E-state index contributed by atoms with van der Waals surface area (Å²) >= 11 is 0.339. The molecule has 5 nitrogen and oxygen atoms in total. The number of carboxylic acids is 1. The van der Waals surface area contributed by atoms with E-state index in [1.165, 1.54) is 6.07 Å². The molecule has 3 N–H and O–H groups in total. The summed E-state index contributed by atoms with van der Waals surface area (Å²) in [5, 5.41) is 27.0. The molecule has 1 heterocycles. The monoisotopic (exact) mass is 305 g/mol. The summed E-state index contributed by atoms with van der Waals surface area (Å²) in [6, 6.07) is 3.29. The fourth-order valence-electron chi connectivity index (χ4n) is 1.44. The van der Waals surface area contributed by atoms with E-state index in [2.05, 4.69) is 4.98 Å².